The molecule has 72 heavy (non-hydrogen) atoms. The van der Waals surface area contributed by atoms with Crippen LogP contribution in [0.25, 0.3) is 11.0 Å². The van der Waals surface area contributed by atoms with Gasteiger partial charge in [0.25, 0.3) is 0 Å². The number of aromatic nitrogens is 3. The molecule has 8 N–H and O–H groups in total. The standard InChI is InChI=1S/C50H73IN10O11/c1-10-13-14-28(6)43-55-34-19-22-52-44(40(34)58-43)59-47-42(66)41(65)39(30(8)72-47)57-36(63)25-60(9)49(70)71-26-31-15-17-32(18-16-31)54-45(67)29(7)53-46(68)38(27(4)5)56-35(62)20-23-61-37(64)24-33(48(61)69)50(51,12-3)21-11-2/h15-19,22,27-30,33,38-39,41-42,47,65-66H,10-14,20-21,23-26H2,1-9H3,(H,52,59)(H,53,68)(H,54,67)(H,55,58)(H,56,62)(H,57,63)/t28?,29-,30-,33?,38?,39-,41+,42+,47-,50?/m0/s1. The van der Waals surface area contributed by atoms with Crippen molar-refractivity contribution in [3.63, 3.8) is 0 Å². The van der Waals surface area contributed by atoms with E-state index in [0.717, 1.165) is 59.7 Å². The van der Waals surface area contributed by atoms with E-state index < -0.39 is 84.8 Å². The number of imide groups is 1. The molecule has 10 atom stereocenters. The van der Waals surface area contributed by atoms with Crippen molar-refractivity contribution < 1.29 is 53.2 Å². The number of fused-ring (bicyclic) bond motifs is 1. The highest BCUT2D eigenvalue weighted by atomic mass is 127. The zero-order chi connectivity index (χ0) is 53.0. The van der Waals surface area contributed by atoms with Gasteiger partial charge < -0.3 is 56.2 Å². The lowest BCUT2D eigenvalue weighted by Gasteiger charge is -2.42. The van der Waals surface area contributed by atoms with Gasteiger partial charge in [-0.1, -0.05) is 95.5 Å². The number of nitrogens with zero attached hydrogens (tertiary/aromatic N) is 4. The molecule has 7 amide bonds. The average Bonchev–Trinajstić information content (AvgIpc) is 3.92. The van der Waals surface area contributed by atoms with Crippen molar-refractivity contribution in [3.8, 4) is 0 Å². The van der Waals surface area contributed by atoms with E-state index in [-0.39, 0.29) is 53.1 Å². The lowest BCUT2D eigenvalue weighted by Crippen LogP contribution is -2.64. The van der Waals surface area contributed by atoms with Crippen LogP contribution in [-0.4, -0.2) is 143 Å². The molecule has 21 nitrogen and oxygen atoms in total. The van der Waals surface area contributed by atoms with Gasteiger partial charge in [-0.05, 0) is 62.8 Å². The van der Waals surface area contributed by atoms with Crippen LogP contribution in [0.2, 0.25) is 0 Å². The van der Waals surface area contributed by atoms with E-state index in [1.54, 1.807) is 51.2 Å². The molecule has 0 spiro atoms. The number of ether oxygens (including phenoxy) is 2. The molecule has 5 rings (SSSR count). The minimum absolute atomic E-state index is 0.0915. The van der Waals surface area contributed by atoms with Crippen LogP contribution >= 0.6 is 22.6 Å². The van der Waals surface area contributed by atoms with Crippen LogP contribution in [0, 0.1) is 11.8 Å². The molecule has 22 heteroatoms. The number of hydrogen-bond acceptors (Lipinski definition) is 14. The number of likely N-dealkylation sites (N-methyl/N-ethyl adjacent to an activating group) is 1. The Bertz CT molecular complexity index is 2390. The first-order valence-corrected chi connectivity index (χ1v) is 26.0. The number of aliphatic hydroxyl groups excluding tert-OH is 2. The maximum atomic E-state index is 13.3. The van der Waals surface area contributed by atoms with Gasteiger partial charge in [0, 0.05) is 47.7 Å². The Labute approximate surface area is 434 Å². The highest BCUT2D eigenvalue weighted by Crippen LogP contribution is 2.42. The summed E-state index contributed by atoms with van der Waals surface area (Å²) in [6.07, 6.45) is 1.51. The molecule has 0 saturated carbocycles. The van der Waals surface area contributed by atoms with Crippen LogP contribution in [0.1, 0.15) is 124 Å². The third-order valence-corrected chi connectivity index (χ3v) is 15.4. The second-order valence-corrected chi connectivity index (χ2v) is 21.5. The minimum atomic E-state index is -1.47. The number of hydrogen-bond donors (Lipinski definition) is 8. The third-order valence-electron chi connectivity index (χ3n) is 13.4. The van der Waals surface area contributed by atoms with E-state index >= 15 is 0 Å². The monoisotopic (exact) mass is 1120 g/mol. The largest absolute Gasteiger partial charge is 0.445 e. The highest BCUT2D eigenvalue weighted by Gasteiger charge is 2.49. The fraction of sp³-hybridized carbons (Fsp3) is 0.620. The summed E-state index contributed by atoms with van der Waals surface area (Å²) in [4.78, 5) is 106. The molecule has 2 saturated heterocycles. The van der Waals surface area contributed by atoms with Crippen molar-refractivity contribution in [3.05, 3.63) is 47.9 Å². The number of carbonyl (C=O) groups is 7. The van der Waals surface area contributed by atoms with Crippen LogP contribution in [0.3, 0.4) is 0 Å². The van der Waals surface area contributed by atoms with Gasteiger partial charge in [0.05, 0.1) is 23.6 Å². The van der Waals surface area contributed by atoms with Gasteiger partial charge in [0.15, 0.2) is 12.0 Å². The molecular weight excluding hydrogens is 1040 g/mol. The topological polar surface area (TPSA) is 287 Å². The molecule has 0 aliphatic carbocycles. The zero-order valence-corrected chi connectivity index (χ0v) is 44.9. The molecule has 396 valence electrons. The quantitative estimate of drug-likeness (QED) is 0.0346. The van der Waals surface area contributed by atoms with E-state index in [9.17, 15) is 43.8 Å². The Morgan fingerprint density at radius 1 is 0.986 bits per heavy atom. The smallest absolute Gasteiger partial charge is 0.410 e. The number of anilines is 2. The summed E-state index contributed by atoms with van der Waals surface area (Å²) >= 11 is 2.30. The molecule has 0 radical (unpaired) electrons. The number of unbranched alkanes of at least 4 members (excludes halogenated alkanes) is 1. The fourth-order valence-corrected chi connectivity index (χ4v) is 9.89. The number of pyridine rings is 1. The molecular formula is C50H73IN10O11. The lowest BCUT2D eigenvalue weighted by molar-refractivity contribution is -0.172. The van der Waals surface area contributed by atoms with Crippen LogP contribution in [-0.2, 0) is 44.8 Å². The first-order chi connectivity index (χ1) is 34.1. The van der Waals surface area contributed by atoms with Crippen molar-refractivity contribution >= 4 is 86.7 Å². The van der Waals surface area contributed by atoms with Crippen LogP contribution in [0.15, 0.2) is 36.5 Å². The number of nitrogens with one attached hydrogen (secondary N) is 6. The Morgan fingerprint density at radius 3 is 2.35 bits per heavy atom. The zero-order valence-electron chi connectivity index (χ0n) is 42.8. The first-order valence-electron chi connectivity index (χ1n) is 24.9. The Morgan fingerprint density at radius 2 is 1.69 bits per heavy atom. The number of amides is 7. The van der Waals surface area contributed by atoms with E-state index in [4.69, 9.17) is 14.5 Å². The predicted octanol–water partition coefficient (Wildman–Crippen LogP) is 4.62. The normalized spacial score (nSPS) is 22.2. The van der Waals surface area contributed by atoms with Crippen molar-refractivity contribution in [2.75, 3.05) is 30.8 Å². The maximum Gasteiger partial charge on any atom is 0.410 e. The van der Waals surface area contributed by atoms with Gasteiger partial charge in [-0.15, -0.1) is 0 Å². The number of halogens is 1. The summed E-state index contributed by atoms with van der Waals surface area (Å²) < 4.78 is 11.1. The molecule has 2 aliphatic rings. The van der Waals surface area contributed by atoms with Crippen LogP contribution in [0.5, 0.6) is 0 Å². The van der Waals surface area contributed by atoms with Crippen molar-refractivity contribution in [2.24, 2.45) is 11.8 Å². The number of aliphatic hydroxyl groups is 2. The van der Waals surface area contributed by atoms with Crippen molar-refractivity contribution in [2.45, 2.75) is 165 Å². The average molecular weight is 1120 g/mol. The molecule has 2 aliphatic heterocycles. The summed E-state index contributed by atoms with van der Waals surface area (Å²) in [6.45, 7) is 14.2. The third kappa shape index (κ3) is 14.6. The van der Waals surface area contributed by atoms with Gasteiger partial charge in [0.1, 0.15) is 48.8 Å². The lowest BCUT2D eigenvalue weighted by atomic mass is 9.85. The van der Waals surface area contributed by atoms with E-state index in [2.05, 4.69) is 73.0 Å². The molecule has 3 aromatic rings. The number of H-pyrrole nitrogens is 1. The SMILES string of the molecule is CCCCC(C)c1nc2c(N[C@H]3O[C@@H](C)[C@H](NC(=O)CN(C)C(=O)OCc4ccc(NC(=O)[C@H](C)NC(=O)C(NC(=O)CCN5C(=O)CC(C(I)(CC)CCC)C5=O)C(C)C)cc4)[C@@H](O)[C@H]3O)nccc2[nH]1. The molecule has 4 heterocycles. The summed E-state index contributed by atoms with van der Waals surface area (Å²) in [5, 5.41) is 36.0. The van der Waals surface area contributed by atoms with E-state index in [0.29, 0.717) is 22.6 Å². The summed E-state index contributed by atoms with van der Waals surface area (Å²) in [7, 11) is 1.37. The van der Waals surface area contributed by atoms with Crippen LogP contribution < -0.4 is 26.6 Å². The molecule has 4 unspecified atom stereocenters. The predicted molar refractivity (Wildman–Crippen MR) is 277 cm³/mol. The number of carbonyl (C=O) groups excluding carboxylic acids is 7. The molecule has 2 fully saturated rings. The van der Waals surface area contributed by atoms with E-state index in [1.807, 2.05) is 19.9 Å². The maximum absolute atomic E-state index is 13.3. The second-order valence-electron chi connectivity index (χ2n) is 19.3. The fourth-order valence-electron chi connectivity index (χ4n) is 8.86. The number of aromatic amines is 1. The van der Waals surface area contributed by atoms with Gasteiger partial charge in [-0.2, -0.15) is 0 Å². The first kappa shape index (κ1) is 57.4. The van der Waals surface area contributed by atoms with Crippen LogP contribution in [0.4, 0.5) is 16.3 Å². The number of rotatable bonds is 24. The Hall–Kier alpha value is -5.46. The summed E-state index contributed by atoms with van der Waals surface area (Å²) in [5.41, 5.74) is 2.29. The highest BCUT2D eigenvalue weighted by molar-refractivity contribution is 14.1. The number of imidazole rings is 1. The molecule has 0 bridgehead atoms. The second kappa shape index (κ2) is 26.0. The molecule has 1 aromatic carbocycles. The summed E-state index contributed by atoms with van der Waals surface area (Å²) in [6, 6.07) is 5.21. The van der Waals surface area contributed by atoms with E-state index in [1.165, 1.54) is 14.0 Å². The number of alkyl halides is 1. The van der Waals surface area contributed by atoms with Gasteiger partial charge in [-0.3, -0.25) is 33.7 Å². The number of likely N-dealkylation sites (tertiary alicyclic amines) is 1. The van der Waals surface area contributed by atoms with Crippen molar-refractivity contribution in [1.29, 1.82) is 0 Å². The number of benzene rings is 1. The summed E-state index contributed by atoms with van der Waals surface area (Å²) in [5.74, 6) is -2.24. The van der Waals surface area contributed by atoms with Gasteiger partial charge in [-0.25, -0.2) is 14.8 Å². The van der Waals surface area contributed by atoms with Gasteiger partial charge >= 0.3 is 6.09 Å². The van der Waals surface area contributed by atoms with Gasteiger partial charge in [0.2, 0.25) is 35.4 Å². The van der Waals surface area contributed by atoms with Crippen molar-refractivity contribution in [1.82, 2.24) is 40.7 Å². The Kier molecular flexibility index (Phi) is 20.7. The Balaban J connectivity index is 1.03. The minimum Gasteiger partial charge on any atom is -0.445 e. The molecule has 2 aromatic heterocycles.